The molecular formula is C5H9BrN2O2. The van der Waals surface area contributed by atoms with E-state index >= 15 is 0 Å². The minimum absolute atomic E-state index is 0.150. The van der Waals surface area contributed by atoms with Crippen molar-refractivity contribution in [2.45, 2.75) is 6.92 Å². The van der Waals surface area contributed by atoms with Crippen molar-refractivity contribution < 1.29 is 9.53 Å². The van der Waals surface area contributed by atoms with Crippen LogP contribution in [-0.4, -0.2) is 24.2 Å². The molecule has 0 amide bonds. The molecule has 0 atom stereocenters. The summed E-state index contributed by atoms with van der Waals surface area (Å²) in [6, 6.07) is 0. The van der Waals surface area contributed by atoms with E-state index in [0.29, 0.717) is 6.61 Å². The second-order valence-electron chi connectivity index (χ2n) is 1.35. The molecule has 5 heteroatoms. The van der Waals surface area contributed by atoms with Gasteiger partial charge in [0.25, 0.3) is 0 Å². The summed E-state index contributed by atoms with van der Waals surface area (Å²) in [6.07, 6.45) is 0. The van der Waals surface area contributed by atoms with E-state index in [9.17, 15) is 4.79 Å². The lowest BCUT2D eigenvalue weighted by Gasteiger charge is -1.97. The topological polar surface area (TPSA) is 50.7 Å². The predicted octanol–water partition coefficient (Wildman–Crippen LogP) is 0.477. The van der Waals surface area contributed by atoms with Crippen LogP contribution in [0.2, 0.25) is 0 Å². The zero-order valence-electron chi connectivity index (χ0n) is 5.85. The van der Waals surface area contributed by atoms with Gasteiger partial charge in [-0.05, 0) is 22.9 Å². The summed E-state index contributed by atoms with van der Waals surface area (Å²) in [7, 11) is 1.60. The standard InChI is InChI=1S/C5H9BrN2O2/c1-3-10-5(9)4(6)8-7-2/h7H,3H2,1-2H3. The maximum absolute atomic E-state index is 10.7. The molecule has 0 aromatic heterocycles. The molecule has 0 saturated heterocycles. The van der Waals surface area contributed by atoms with Crippen molar-refractivity contribution in [3.63, 3.8) is 0 Å². The molecule has 0 rings (SSSR count). The fraction of sp³-hybridized carbons (Fsp3) is 0.600. The van der Waals surface area contributed by atoms with Crippen LogP contribution in [0.4, 0.5) is 0 Å². The molecular weight excluding hydrogens is 200 g/mol. The molecule has 0 aliphatic rings. The maximum Gasteiger partial charge on any atom is 0.366 e. The number of nitrogens with one attached hydrogen (secondary N) is 1. The largest absolute Gasteiger partial charge is 0.461 e. The summed E-state index contributed by atoms with van der Waals surface area (Å²) in [5, 5.41) is 3.55. The summed E-state index contributed by atoms with van der Waals surface area (Å²) in [6.45, 7) is 2.09. The van der Waals surface area contributed by atoms with Gasteiger partial charge in [-0.1, -0.05) is 0 Å². The normalized spacial score (nSPS) is 10.9. The zero-order valence-corrected chi connectivity index (χ0v) is 7.43. The lowest BCUT2D eigenvalue weighted by atomic mass is 10.7. The van der Waals surface area contributed by atoms with Crippen LogP contribution in [0.3, 0.4) is 0 Å². The highest BCUT2D eigenvalue weighted by atomic mass is 79.9. The van der Waals surface area contributed by atoms with Crippen LogP contribution >= 0.6 is 15.9 Å². The fourth-order valence-electron chi connectivity index (χ4n) is 0.334. The van der Waals surface area contributed by atoms with Crippen molar-refractivity contribution in [3.05, 3.63) is 0 Å². The first-order valence-electron chi connectivity index (χ1n) is 2.79. The molecule has 1 N–H and O–H groups in total. The first kappa shape index (κ1) is 9.42. The molecule has 0 heterocycles. The first-order valence-corrected chi connectivity index (χ1v) is 3.58. The second kappa shape index (κ2) is 5.22. The lowest BCUT2D eigenvalue weighted by Crippen LogP contribution is -2.14. The Morgan fingerprint density at radius 2 is 2.40 bits per heavy atom. The second-order valence-corrected chi connectivity index (χ2v) is 2.10. The molecule has 0 saturated carbocycles. The Balaban J connectivity index is 3.82. The maximum atomic E-state index is 10.7. The average molecular weight is 209 g/mol. The molecule has 10 heavy (non-hydrogen) atoms. The smallest absolute Gasteiger partial charge is 0.366 e. The summed E-state index contributed by atoms with van der Waals surface area (Å²) in [5.74, 6) is -0.461. The number of halogens is 1. The molecule has 4 nitrogen and oxygen atoms in total. The van der Waals surface area contributed by atoms with Gasteiger partial charge in [0.1, 0.15) is 0 Å². The number of ether oxygens (including phenoxy) is 1. The van der Waals surface area contributed by atoms with Crippen LogP contribution in [0, 0.1) is 0 Å². The summed E-state index contributed by atoms with van der Waals surface area (Å²) >= 11 is 2.92. The van der Waals surface area contributed by atoms with E-state index in [0.717, 1.165) is 0 Å². The number of rotatable bonds is 3. The Kier molecular flexibility index (Phi) is 4.92. The zero-order chi connectivity index (χ0) is 7.98. The van der Waals surface area contributed by atoms with Crippen LogP contribution in [0.15, 0.2) is 5.10 Å². The van der Waals surface area contributed by atoms with E-state index in [2.05, 4.69) is 31.2 Å². The highest BCUT2D eigenvalue weighted by molar-refractivity contribution is 9.19. The molecule has 0 aromatic rings. The quantitative estimate of drug-likeness (QED) is 0.417. The Morgan fingerprint density at radius 1 is 1.80 bits per heavy atom. The Labute approximate surface area is 67.8 Å². The van der Waals surface area contributed by atoms with Crippen LogP contribution in [0.25, 0.3) is 0 Å². The minimum atomic E-state index is -0.461. The van der Waals surface area contributed by atoms with Crippen LogP contribution in [-0.2, 0) is 9.53 Å². The van der Waals surface area contributed by atoms with E-state index in [1.54, 1.807) is 14.0 Å². The van der Waals surface area contributed by atoms with E-state index in [4.69, 9.17) is 0 Å². The highest BCUT2D eigenvalue weighted by Crippen LogP contribution is 1.91. The molecule has 0 radical (unpaired) electrons. The number of carbonyl (C=O) groups excluding carboxylic acids is 1. The number of nitrogens with zero attached hydrogens (tertiary/aromatic N) is 1. The van der Waals surface area contributed by atoms with Gasteiger partial charge in [-0.15, -0.1) is 0 Å². The lowest BCUT2D eigenvalue weighted by molar-refractivity contribution is -0.134. The van der Waals surface area contributed by atoms with Crippen molar-refractivity contribution in [1.29, 1.82) is 0 Å². The van der Waals surface area contributed by atoms with Gasteiger partial charge < -0.3 is 10.2 Å². The van der Waals surface area contributed by atoms with Gasteiger partial charge in [0, 0.05) is 7.05 Å². The SMILES string of the molecule is CCOC(=O)C(Br)=NNC. The van der Waals surface area contributed by atoms with E-state index in [1.807, 2.05) is 0 Å². The Bertz CT molecular complexity index is 147. The van der Waals surface area contributed by atoms with E-state index < -0.39 is 5.97 Å². The third kappa shape index (κ3) is 3.45. The van der Waals surface area contributed by atoms with Gasteiger partial charge in [0.05, 0.1) is 6.61 Å². The van der Waals surface area contributed by atoms with E-state index in [-0.39, 0.29) is 4.62 Å². The molecule has 0 bridgehead atoms. The predicted molar refractivity (Wildman–Crippen MR) is 42.1 cm³/mol. The number of carbonyl (C=O) groups is 1. The molecule has 0 fully saturated rings. The Morgan fingerprint density at radius 3 is 2.80 bits per heavy atom. The van der Waals surface area contributed by atoms with Gasteiger partial charge in [0.2, 0.25) is 4.62 Å². The van der Waals surface area contributed by atoms with Gasteiger partial charge >= 0.3 is 5.97 Å². The first-order chi connectivity index (χ1) is 4.72. The number of hydrogen-bond donors (Lipinski definition) is 1. The summed E-state index contributed by atoms with van der Waals surface area (Å²) in [5.41, 5.74) is 2.45. The summed E-state index contributed by atoms with van der Waals surface area (Å²) in [4.78, 5) is 10.7. The fourth-order valence-corrected chi connectivity index (χ4v) is 0.626. The molecule has 0 aliphatic carbocycles. The minimum Gasteiger partial charge on any atom is -0.461 e. The van der Waals surface area contributed by atoms with Crippen molar-refractivity contribution in [2.24, 2.45) is 5.10 Å². The molecule has 0 aliphatic heterocycles. The molecule has 0 spiro atoms. The Hall–Kier alpha value is -0.580. The molecule has 58 valence electrons. The van der Waals surface area contributed by atoms with Gasteiger partial charge in [-0.2, -0.15) is 5.10 Å². The van der Waals surface area contributed by atoms with E-state index in [1.165, 1.54) is 0 Å². The van der Waals surface area contributed by atoms with Crippen molar-refractivity contribution >= 4 is 26.5 Å². The number of hydrogen-bond acceptors (Lipinski definition) is 4. The van der Waals surface area contributed by atoms with Crippen LogP contribution in [0.1, 0.15) is 6.92 Å². The van der Waals surface area contributed by atoms with Crippen molar-refractivity contribution in [1.82, 2.24) is 5.43 Å². The summed E-state index contributed by atoms with van der Waals surface area (Å²) < 4.78 is 4.75. The number of hydrazone groups is 1. The van der Waals surface area contributed by atoms with Crippen molar-refractivity contribution in [3.8, 4) is 0 Å². The third-order valence-electron chi connectivity index (χ3n) is 0.654. The average Bonchev–Trinajstić information content (AvgIpc) is 1.89. The molecule has 0 unspecified atom stereocenters. The van der Waals surface area contributed by atoms with Crippen LogP contribution in [0.5, 0.6) is 0 Å². The highest BCUT2D eigenvalue weighted by Gasteiger charge is 2.06. The van der Waals surface area contributed by atoms with Gasteiger partial charge in [-0.3, -0.25) is 0 Å². The van der Waals surface area contributed by atoms with Crippen LogP contribution < -0.4 is 5.43 Å². The number of esters is 1. The monoisotopic (exact) mass is 208 g/mol. The van der Waals surface area contributed by atoms with Gasteiger partial charge in [0.15, 0.2) is 0 Å². The van der Waals surface area contributed by atoms with Crippen molar-refractivity contribution in [2.75, 3.05) is 13.7 Å². The third-order valence-corrected chi connectivity index (χ3v) is 1.15. The molecule has 0 aromatic carbocycles. The van der Waals surface area contributed by atoms with Gasteiger partial charge in [-0.25, -0.2) is 4.79 Å².